The van der Waals surface area contributed by atoms with Crippen LogP contribution in [0, 0.1) is 0 Å². The molecule has 1 saturated carbocycles. The van der Waals surface area contributed by atoms with Crippen molar-refractivity contribution in [3.05, 3.63) is 35.1 Å². The van der Waals surface area contributed by atoms with Gasteiger partial charge in [-0.15, -0.1) is 11.3 Å². The zero-order valence-electron chi connectivity index (χ0n) is 13.5. The summed E-state index contributed by atoms with van der Waals surface area (Å²) in [5.41, 5.74) is 0. The van der Waals surface area contributed by atoms with Gasteiger partial charge in [0, 0.05) is 12.5 Å². The number of nitrogens with zero attached hydrogens (tertiary/aromatic N) is 5. The standard InChI is InChI=1S/C16H17N5O3S/c1-2-12(25-7-1)15-18-16(24-20-15)11-9-22-6-5-21(11)8-13-17-14(19-23-13)10-3-4-10/h1-2,7,10-11H,3-6,8-9H2. The van der Waals surface area contributed by atoms with Gasteiger partial charge in [0.15, 0.2) is 5.82 Å². The van der Waals surface area contributed by atoms with E-state index in [2.05, 4.69) is 25.2 Å². The topological polar surface area (TPSA) is 90.3 Å². The van der Waals surface area contributed by atoms with Crippen LogP contribution in [0.1, 0.15) is 42.4 Å². The van der Waals surface area contributed by atoms with Gasteiger partial charge in [0.05, 0.1) is 24.6 Å². The van der Waals surface area contributed by atoms with Crippen molar-refractivity contribution in [1.29, 1.82) is 0 Å². The van der Waals surface area contributed by atoms with Crippen LogP contribution in [0.5, 0.6) is 0 Å². The van der Waals surface area contributed by atoms with Crippen molar-refractivity contribution < 1.29 is 13.8 Å². The Morgan fingerprint density at radius 3 is 3.00 bits per heavy atom. The Bertz CT molecular complexity index is 842. The zero-order chi connectivity index (χ0) is 16.6. The second-order valence-electron chi connectivity index (χ2n) is 6.32. The summed E-state index contributed by atoms with van der Waals surface area (Å²) in [7, 11) is 0. The molecule has 9 heteroatoms. The van der Waals surface area contributed by atoms with Crippen LogP contribution < -0.4 is 0 Å². The summed E-state index contributed by atoms with van der Waals surface area (Å²) in [6, 6.07) is 3.84. The molecule has 0 aromatic carbocycles. The Morgan fingerprint density at radius 1 is 1.20 bits per heavy atom. The van der Waals surface area contributed by atoms with Crippen molar-refractivity contribution in [2.24, 2.45) is 0 Å². The Labute approximate surface area is 147 Å². The average molecular weight is 359 g/mol. The van der Waals surface area contributed by atoms with E-state index in [1.807, 2.05) is 17.5 Å². The SMILES string of the molecule is c1csc(-c2noc(C3COCCN3Cc3nc(C4CC4)no3)n2)c1. The molecule has 5 rings (SSSR count). The van der Waals surface area contributed by atoms with Crippen LogP contribution in [0.25, 0.3) is 10.7 Å². The molecular weight excluding hydrogens is 342 g/mol. The number of hydrogen-bond acceptors (Lipinski definition) is 9. The van der Waals surface area contributed by atoms with Crippen LogP contribution in [0.15, 0.2) is 26.6 Å². The Morgan fingerprint density at radius 2 is 2.16 bits per heavy atom. The lowest BCUT2D eigenvalue weighted by Gasteiger charge is -2.31. The molecule has 2 aliphatic rings. The molecule has 3 aromatic heterocycles. The molecule has 1 aliphatic heterocycles. The summed E-state index contributed by atoms with van der Waals surface area (Å²) >= 11 is 1.59. The molecule has 0 amide bonds. The molecule has 2 fully saturated rings. The number of rotatable bonds is 5. The summed E-state index contributed by atoms with van der Waals surface area (Å²) in [5.74, 6) is 3.13. The fraction of sp³-hybridized carbons (Fsp3) is 0.500. The zero-order valence-corrected chi connectivity index (χ0v) is 14.3. The van der Waals surface area contributed by atoms with E-state index in [-0.39, 0.29) is 6.04 Å². The maximum atomic E-state index is 5.62. The molecule has 0 spiro atoms. The summed E-state index contributed by atoms with van der Waals surface area (Å²) in [6.45, 7) is 2.48. The van der Waals surface area contributed by atoms with Gasteiger partial charge in [0.1, 0.15) is 6.04 Å². The second kappa shape index (κ2) is 6.32. The first-order chi connectivity index (χ1) is 12.4. The Balaban J connectivity index is 1.35. The van der Waals surface area contributed by atoms with Crippen LogP contribution in [0.2, 0.25) is 0 Å². The fourth-order valence-electron chi connectivity index (χ4n) is 2.94. The smallest absolute Gasteiger partial charge is 0.246 e. The summed E-state index contributed by atoms with van der Waals surface area (Å²) < 4.78 is 16.5. The second-order valence-corrected chi connectivity index (χ2v) is 7.26. The number of ether oxygens (including phenoxy) is 1. The first-order valence-electron chi connectivity index (χ1n) is 8.38. The average Bonchev–Trinajstić information content (AvgIpc) is 3.08. The maximum Gasteiger partial charge on any atom is 0.246 e. The van der Waals surface area contributed by atoms with Crippen molar-refractivity contribution in [2.45, 2.75) is 31.3 Å². The molecule has 8 nitrogen and oxygen atoms in total. The van der Waals surface area contributed by atoms with Gasteiger partial charge < -0.3 is 13.8 Å². The van der Waals surface area contributed by atoms with Crippen LogP contribution in [-0.2, 0) is 11.3 Å². The minimum absolute atomic E-state index is 0.105. The van der Waals surface area contributed by atoms with E-state index >= 15 is 0 Å². The molecule has 0 N–H and O–H groups in total. The largest absolute Gasteiger partial charge is 0.378 e. The van der Waals surface area contributed by atoms with E-state index in [9.17, 15) is 0 Å². The van der Waals surface area contributed by atoms with Gasteiger partial charge in [-0.1, -0.05) is 16.4 Å². The van der Waals surface area contributed by atoms with E-state index in [4.69, 9.17) is 13.8 Å². The van der Waals surface area contributed by atoms with Crippen LogP contribution in [0.4, 0.5) is 0 Å². The van der Waals surface area contributed by atoms with Crippen molar-refractivity contribution in [2.75, 3.05) is 19.8 Å². The highest BCUT2D eigenvalue weighted by Gasteiger charge is 2.33. The molecule has 4 heterocycles. The van der Waals surface area contributed by atoms with E-state index in [0.717, 1.165) is 30.1 Å². The van der Waals surface area contributed by atoms with Gasteiger partial charge in [-0.25, -0.2) is 0 Å². The van der Waals surface area contributed by atoms with Crippen molar-refractivity contribution in [3.63, 3.8) is 0 Å². The third-order valence-corrected chi connectivity index (χ3v) is 5.34. The Kier molecular flexibility index (Phi) is 3.84. The fourth-order valence-corrected chi connectivity index (χ4v) is 3.59. The van der Waals surface area contributed by atoms with Crippen molar-refractivity contribution in [3.8, 4) is 10.7 Å². The maximum absolute atomic E-state index is 5.62. The number of aromatic nitrogens is 4. The van der Waals surface area contributed by atoms with E-state index in [1.54, 1.807) is 11.3 Å². The predicted molar refractivity (Wildman–Crippen MR) is 87.9 cm³/mol. The van der Waals surface area contributed by atoms with Crippen LogP contribution >= 0.6 is 11.3 Å². The summed E-state index contributed by atoms with van der Waals surface area (Å²) in [6.07, 6.45) is 2.32. The molecule has 1 unspecified atom stereocenters. The van der Waals surface area contributed by atoms with E-state index in [1.165, 1.54) is 0 Å². The molecule has 1 atom stereocenters. The summed E-state index contributed by atoms with van der Waals surface area (Å²) in [4.78, 5) is 12.3. The number of thiophene rings is 1. The predicted octanol–water partition coefficient (Wildman–Crippen LogP) is 2.63. The molecule has 0 radical (unpaired) electrons. The first kappa shape index (κ1) is 15.2. The third-order valence-electron chi connectivity index (χ3n) is 4.47. The van der Waals surface area contributed by atoms with E-state index < -0.39 is 0 Å². The number of morpholine rings is 1. The first-order valence-corrected chi connectivity index (χ1v) is 9.26. The highest BCUT2D eigenvalue weighted by Crippen LogP contribution is 2.38. The minimum Gasteiger partial charge on any atom is -0.378 e. The molecule has 0 bridgehead atoms. The minimum atomic E-state index is -0.105. The van der Waals surface area contributed by atoms with Gasteiger partial charge >= 0.3 is 0 Å². The van der Waals surface area contributed by atoms with Gasteiger partial charge in [-0.2, -0.15) is 9.97 Å². The molecule has 1 aliphatic carbocycles. The molecule has 25 heavy (non-hydrogen) atoms. The van der Waals surface area contributed by atoms with Crippen LogP contribution in [0.3, 0.4) is 0 Å². The third kappa shape index (κ3) is 3.10. The number of hydrogen-bond donors (Lipinski definition) is 0. The summed E-state index contributed by atoms with van der Waals surface area (Å²) in [5, 5.41) is 10.2. The highest BCUT2D eigenvalue weighted by atomic mass is 32.1. The van der Waals surface area contributed by atoms with Gasteiger partial charge in [-0.3, -0.25) is 4.90 Å². The van der Waals surface area contributed by atoms with E-state index in [0.29, 0.717) is 43.3 Å². The lowest BCUT2D eigenvalue weighted by atomic mass is 10.2. The van der Waals surface area contributed by atoms with Crippen LogP contribution in [-0.4, -0.2) is 44.9 Å². The van der Waals surface area contributed by atoms with Crippen molar-refractivity contribution >= 4 is 11.3 Å². The molecule has 3 aromatic rings. The normalized spacial score (nSPS) is 21.7. The molecule has 1 saturated heterocycles. The Hall–Kier alpha value is -2.10. The lowest BCUT2D eigenvalue weighted by molar-refractivity contribution is -0.0279. The van der Waals surface area contributed by atoms with Gasteiger partial charge in [0.2, 0.25) is 17.6 Å². The van der Waals surface area contributed by atoms with Crippen molar-refractivity contribution in [1.82, 2.24) is 25.2 Å². The highest BCUT2D eigenvalue weighted by molar-refractivity contribution is 7.13. The molecular formula is C16H17N5O3S. The molecule has 130 valence electrons. The monoisotopic (exact) mass is 359 g/mol. The lowest BCUT2D eigenvalue weighted by Crippen LogP contribution is -2.39. The van der Waals surface area contributed by atoms with Gasteiger partial charge in [0.25, 0.3) is 0 Å². The van der Waals surface area contributed by atoms with Gasteiger partial charge in [-0.05, 0) is 24.3 Å². The quantitative estimate of drug-likeness (QED) is 0.687.